The Kier molecular flexibility index (Phi) is 9.67. The fourth-order valence-corrected chi connectivity index (χ4v) is 2.99. The van der Waals surface area contributed by atoms with Crippen molar-refractivity contribution < 1.29 is 32.8 Å². The third-order valence-corrected chi connectivity index (χ3v) is 4.63. The Balaban J connectivity index is 2.00. The van der Waals surface area contributed by atoms with Gasteiger partial charge in [0.05, 0.1) is 5.56 Å². The number of nitrogens with one attached hydrogen (secondary N) is 4. The number of carbonyl (C=O) groups is 3. The third-order valence-electron chi connectivity index (χ3n) is 4.63. The maximum atomic E-state index is 12.9. The number of hydroxylamine groups is 1. The summed E-state index contributed by atoms with van der Waals surface area (Å²) in [7, 11) is 0. The van der Waals surface area contributed by atoms with Crippen LogP contribution in [0.3, 0.4) is 0 Å². The van der Waals surface area contributed by atoms with Crippen LogP contribution >= 0.6 is 0 Å². The van der Waals surface area contributed by atoms with E-state index in [1.807, 2.05) is 0 Å². The number of carbonyl (C=O) groups excluding carboxylic acids is 3. The number of amides is 4. The average molecular weight is 466 g/mol. The van der Waals surface area contributed by atoms with Crippen molar-refractivity contribution >= 4 is 29.2 Å². The highest BCUT2D eigenvalue weighted by Gasteiger charge is 2.30. The lowest BCUT2D eigenvalue weighted by Gasteiger charge is -2.19. The van der Waals surface area contributed by atoms with E-state index >= 15 is 0 Å². The molecular formula is C22H25F3N4O4. The van der Waals surface area contributed by atoms with E-state index in [9.17, 15) is 27.6 Å². The minimum Gasteiger partial charge on any atom is -0.326 e. The summed E-state index contributed by atoms with van der Waals surface area (Å²) in [6.07, 6.45) is -2.71. The molecule has 0 aromatic heterocycles. The molecule has 0 aliphatic heterocycles. The Morgan fingerprint density at radius 2 is 1.58 bits per heavy atom. The zero-order valence-corrected chi connectivity index (χ0v) is 17.6. The van der Waals surface area contributed by atoms with E-state index in [1.54, 1.807) is 30.3 Å². The monoisotopic (exact) mass is 466 g/mol. The van der Waals surface area contributed by atoms with Crippen molar-refractivity contribution in [3.63, 3.8) is 0 Å². The SMILES string of the molecule is O=C(CCCCCC(NC(=O)Nc1cccc(C(F)(F)F)c1)C(=O)Nc1ccccc1)NO. The summed E-state index contributed by atoms with van der Waals surface area (Å²) < 4.78 is 38.6. The first-order valence-electron chi connectivity index (χ1n) is 10.2. The van der Waals surface area contributed by atoms with Gasteiger partial charge in [-0.1, -0.05) is 37.1 Å². The van der Waals surface area contributed by atoms with Gasteiger partial charge in [0.15, 0.2) is 0 Å². The number of alkyl halides is 3. The fourth-order valence-electron chi connectivity index (χ4n) is 2.99. The van der Waals surface area contributed by atoms with Crippen molar-refractivity contribution in [3.05, 3.63) is 60.2 Å². The molecule has 1 unspecified atom stereocenters. The van der Waals surface area contributed by atoms with Crippen LogP contribution < -0.4 is 21.4 Å². The summed E-state index contributed by atoms with van der Waals surface area (Å²) >= 11 is 0. The number of halogens is 3. The van der Waals surface area contributed by atoms with Crippen molar-refractivity contribution in [2.45, 2.75) is 44.3 Å². The summed E-state index contributed by atoms with van der Waals surface area (Å²) in [6, 6.07) is 10.9. The lowest BCUT2D eigenvalue weighted by Crippen LogP contribution is -2.45. The zero-order chi connectivity index (χ0) is 24.3. The summed E-state index contributed by atoms with van der Waals surface area (Å²) in [5.74, 6) is -1.01. The number of para-hydroxylation sites is 1. The highest BCUT2D eigenvalue weighted by Crippen LogP contribution is 2.30. The molecule has 2 aromatic rings. The number of hydrogen-bond acceptors (Lipinski definition) is 4. The van der Waals surface area contributed by atoms with E-state index in [1.165, 1.54) is 17.6 Å². The molecule has 178 valence electrons. The van der Waals surface area contributed by atoms with Crippen LogP contribution in [-0.4, -0.2) is 29.1 Å². The zero-order valence-electron chi connectivity index (χ0n) is 17.6. The Bertz CT molecular complexity index is 939. The van der Waals surface area contributed by atoms with Crippen LogP contribution in [0.15, 0.2) is 54.6 Å². The molecule has 1 atom stereocenters. The van der Waals surface area contributed by atoms with Crippen LogP contribution in [0.4, 0.5) is 29.3 Å². The number of urea groups is 1. The molecule has 0 saturated heterocycles. The highest BCUT2D eigenvalue weighted by atomic mass is 19.4. The Morgan fingerprint density at radius 3 is 2.24 bits per heavy atom. The molecular weight excluding hydrogens is 441 g/mol. The van der Waals surface area contributed by atoms with Gasteiger partial charge in [0.1, 0.15) is 6.04 Å². The minimum atomic E-state index is -4.56. The van der Waals surface area contributed by atoms with Gasteiger partial charge >= 0.3 is 12.2 Å². The molecule has 0 heterocycles. The normalized spacial score (nSPS) is 11.9. The van der Waals surface area contributed by atoms with Gasteiger partial charge < -0.3 is 16.0 Å². The number of hydrogen-bond donors (Lipinski definition) is 5. The first-order chi connectivity index (χ1) is 15.7. The van der Waals surface area contributed by atoms with Gasteiger partial charge in [0.25, 0.3) is 0 Å². The molecule has 0 saturated carbocycles. The van der Waals surface area contributed by atoms with Crippen molar-refractivity contribution in [2.24, 2.45) is 0 Å². The molecule has 0 aliphatic rings. The summed E-state index contributed by atoms with van der Waals surface area (Å²) in [6.45, 7) is 0. The number of rotatable bonds is 10. The van der Waals surface area contributed by atoms with Crippen molar-refractivity contribution in [2.75, 3.05) is 10.6 Å². The van der Waals surface area contributed by atoms with E-state index in [0.29, 0.717) is 24.9 Å². The number of anilines is 2. The first-order valence-corrected chi connectivity index (χ1v) is 10.2. The summed E-state index contributed by atoms with van der Waals surface area (Å²) in [4.78, 5) is 36.2. The van der Waals surface area contributed by atoms with Crippen molar-refractivity contribution in [1.29, 1.82) is 0 Å². The first kappa shape index (κ1) is 25.7. The Labute approximate surface area is 188 Å². The van der Waals surface area contributed by atoms with E-state index < -0.39 is 35.6 Å². The van der Waals surface area contributed by atoms with Crippen LogP contribution in [-0.2, 0) is 15.8 Å². The molecule has 0 bridgehead atoms. The molecule has 0 fully saturated rings. The van der Waals surface area contributed by atoms with Gasteiger partial charge in [-0.3, -0.25) is 14.8 Å². The molecule has 2 rings (SSSR count). The topological polar surface area (TPSA) is 120 Å². The van der Waals surface area contributed by atoms with Crippen LogP contribution in [0.2, 0.25) is 0 Å². The van der Waals surface area contributed by atoms with Crippen molar-refractivity contribution in [3.8, 4) is 0 Å². The Morgan fingerprint density at radius 1 is 0.879 bits per heavy atom. The number of unbranched alkanes of at least 4 members (excludes halogenated alkanes) is 2. The standard InChI is InChI=1S/C22H25F3N4O4/c23-22(24,25)15-8-7-11-17(14-15)27-21(32)28-18(12-5-2-6-13-19(30)29-33)20(31)26-16-9-3-1-4-10-16/h1,3-4,7-11,14,18,33H,2,5-6,12-13H2,(H,26,31)(H,29,30)(H2,27,28,32). The van der Waals surface area contributed by atoms with Gasteiger partial charge in [0, 0.05) is 17.8 Å². The quantitative estimate of drug-likeness (QED) is 0.204. The second-order valence-corrected chi connectivity index (χ2v) is 7.22. The largest absolute Gasteiger partial charge is 0.416 e. The predicted octanol–water partition coefficient (Wildman–Crippen LogP) is 4.29. The maximum Gasteiger partial charge on any atom is 0.416 e. The third kappa shape index (κ3) is 9.19. The fraction of sp³-hybridized carbons (Fsp3) is 0.318. The molecule has 5 N–H and O–H groups in total. The summed E-state index contributed by atoms with van der Waals surface area (Å²) in [5.41, 5.74) is 1.07. The van der Waals surface area contributed by atoms with Crippen LogP contribution in [0, 0.1) is 0 Å². The number of benzene rings is 2. The van der Waals surface area contributed by atoms with Gasteiger partial charge in [0.2, 0.25) is 11.8 Å². The van der Waals surface area contributed by atoms with Gasteiger partial charge in [-0.2, -0.15) is 13.2 Å². The van der Waals surface area contributed by atoms with Crippen LogP contribution in [0.1, 0.15) is 37.7 Å². The lowest BCUT2D eigenvalue weighted by molar-refractivity contribution is -0.137. The second kappa shape index (κ2) is 12.4. The maximum absolute atomic E-state index is 12.9. The molecule has 0 radical (unpaired) electrons. The molecule has 2 aromatic carbocycles. The van der Waals surface area contributed by atoms with Gasteiger partial charge in [-0.05, 0) is 43.2 Å². The summed E-state index contributed by atoms with van der Waals surface area (Å²) in [5, 5.41) is 16.0. The molecule has 8 nitrogen and oxygen atoms in total. The van der Waals surface area contributed by atoms with Crippen LogP contribution in [0.25, 0.3) is 0 Å². The second-order valence-electron chi connectivity index (χ2n) is 7.22. The van der Waals surface area contributed by atoms with E-state index in [-0.39, 0.29) is 18.5 Å². The van der Waals surface area contributed by atoms with E-state index in [2.05, 4.69) is 16.0 Å². The lowest BCUT2D eigenvalue weighted by atomic mass is 10.1. The molecule has 0 aliphatic carbocycles. The molecule has 33 heavy (non-hydrogen) atoms. The van der Waals surface area contributed by atoms with Gasteiger partial charge in [-0.25, -0.2) is 10.3 Å². The average Bonchev–Trinajstić information content (AvgIpc) is 2.78. The van der Waals surface area contributed by atoms with E-state index in [0.717, 1.165) is 12.1 Å². The Hall–Kier alpha value is -3.60. The molecule has 0 spiro atoms. The van der Waals surface area contributed by atoms with E-state index in [4.69, 9.17) is 5.21 Å². The van der Waals surface area contributed by atoms with Gasteiger partial charge in [-0.15, -0.1) is 0 Å². The van der Waals surface area contributed by atoms with Crippen LogP contribution in [0.5, 0.6) is 0 Å². The highest BCUT2D eigenvalue weighted by molar-refractivity contribution is 5.99. The smallest absolute Gasteiger partial charge is 0.326 e. The van der Waals surface area contributed by atoms with Crippen molar-refractivity contribution in [1.82, 2.24) is 10.8 Å². The minimum absolute atomic E-state index is 0.0699. The molecule has 11 heteroatoms. The molecule has 4 amide bonds. The predicted molar refractivity (Wildman–Crippen MR) is 115 cm³/mol.